The minimum Gasteiger partial charge on any atom is -0.329 e. The van der Waals surface area contributed by atoms with Crippen molar-refractivity contribution >= 4 is 0 Å². The van der Waals surface area contributed by atoms with Crippen LogP contribution in [0, 0.1) is 0 Å². The van der Waals surface area contributed by atoms with E-state index in [9.17, 15) is 13.2 Å². The van der Waals surface area contributed by atoms with Crippen LogP contribution in [-0.4, -0.2) is 37.3 Å². The maximum Gasteiger partial charge on any atom is 0.389 e. The molecule has 0 bridgehead atoms. The summed E-state index contributed by atoms with van der Waals surface area (Å²) in [5.74, 6) is 0. The van der Waals surface area contributed by atoms with Crippen LogP contribution in [-0.2, 0) is 0 Å². The molecule has 2 nitrogen and oxygen atoms in total. The Labute approximate surface area is 83.3 Å². The highest BCUT2D eigenvalue weighted by Gasteiger charge is 2.26. The topological polar surface area (TPSA) is 29.3 Å². The molecule has 0 aromatic carbocycles. The van der Waals surface area contributed by atoms with Crippen LogP contribution in [0.5, 0.6) is 0 Å². The van der Waals surface area contributed by atoms with Gasteiger partial charge in [0.15, 0.2) is 0 Å². The average Bonchev–Trinajstić information content (AvgIpc) is 2.02. The number of alkyl halides is 3. The van der Waals surface area contributed by atoms with Crippen molar-refractivity contribution in [2.24, 2.45) is 5.73 Å². The molecule has 0 heterocycles. The zero-order valence-electron chi connectivity index (χ0n) is 8.61. The Morgan fingerprint density at radius 1 is 1.14 bits per heavy atom. The standard InChI is InChI=1S/C9H19F3N2/c1-2-6-14(8-5-13)7-3-4-9(10,11)12/h2-8,13H2,1H3. The van der Waals surface area contributed by atoms with E-state index in [1.807, 2.05) is 11.8 Å². The van der Waals surface area contributed by atoms with Crippen molar-refractivity contribution in [3.05, 3.63) is 0 Å². The van der Waals surface area contributed by atoms with E-state index in [0.717, 1.165) is 13.0 Å². The third-order valence-electron chi connectivity index (χ3n) is 1.92. The Morgan fingerprint density at radius 3 is 2.21 bits per heavy atom. The third kappa shape index (κ3) is 8.31. The van der Waals surface area contributed by atoms with Gasteiger partial charge in [0.25, 0.3) is 0 Å². The molecule has 0 unspecified atom stereocenters. The number of hydrogen-bond donors (Lipinski definition) is 1. The van der Waals surface area contributed by atoms with Gasteiger partial charge in [-0.3, -0.25) is 0 Å². The van der Waals surface area contributed by atoms with E-state index in [4.69, 9.17) is 5.73 Å². The fraction of sp³-hybridized carbons (Fsp3) is 1.00. The summed E-state index contributed by atoms with van der Waals surface area (Å²) in [7, 11) is 0. The van der Waals surface area contributed by atoms with Crippen LogP contribution < -0.4 is 5.73 Å². The molecule has 0 atom stereocenters. The van der Waals surface area contributed by atoms with Gasteiger partial charge >= 0.3 is 6.18 Å². The molecule has 0 aliphatic heterocycles. The van der Waals surface area contributed by atoms with E-state index in [1.165, 1.54) is 0 Å². The SMILES string of the molecule is CCCN(CCN)CCCC(F)(F)F. The second-order valence-electron chi connectivity index (χ2n) is 3.35. The van der Waals surface area contributed by atoms with Gasteiger partial charge in [-0.25, -0.2) is 0 Å². The average molecular weight is 212 g/mol. The number of halogens is 3. The zero-order valence-corrected chi connectivity index (χ0v) is 8.61. The van der Waals surface area contributed by atoms with Gasteiger partial charge in [0.1, 0.15) is 0 Å². The molecule has 0 amide bonds. The van der Waals surface area contributed by atoms with E-state index in [0.29, 0.717) is 19.6 Å². The van der Waals surface area contributed by atoms with Crippen molar-refractivity contribution in [3.8, 4) is 0 Å². The van der Waals surface area contributed by atoms with Gasteiger partial charge in [-0.1, -0.05) is 6.92 Å². The predicted octanol–water partition coefficient (Wildman–Crippen LogP) is 2.00. The Hall–Kier alpha value is -0.290. The summed E-state index contributed by atoms with van der Waals surface area (Å²) in [5.41, 5.74) is 5.35. The van der Waals surface area contributed by atoms with Gasteiger partial charge in [0.2, 0.25) is 0 Å². The fourth-order valence-electron chi connectivity index (χ4n) is 1.34. The maximum absolute atomic E-state index is 11.8. The Kier molecular flexibility index (Phi) is 6.92. The normalized spacial score (nSPS) is 12.4. The highest BCUT2D eigenvalue weighted by molar-refractivity contribution is 4.60. The quantitative estimate of drug-likeness (QED) is 0.699. The summed E-state index contributed by atoms with van der Waals surface area (Å²) < 4.78 is 35.5. The molecule has 0 aromatic heterocycles. The predicted molar refractivity (Wildman–Crippen MR) is 51.1 cm³/mol. The van der Waals surface area contributed by atoms with Crippen molar-refractivity contribution in [3.63, 3.8) is 0 Å². The van der Waals surface area contributed by atoms with Crippen molar-refractivity contribution in [2.45, 2.75) is 32.4 Å². The molecular formula is C9H19F3N2. The van der Waals surface area contributed by atoms with Crippen molar-refractivity contribution < 1.29 is 13.2 Å². The molecular weight excluding hydrogens is 193 g/mol. The van der Waals surface area contributed by atoms with E-state index >= 15 is 0 Å². The maximum atomic E-state index is 11.8. The summed E-state index contributed by atoms with van der Waals surface area (Å²) in [6, 6.07) is 0. The van der Waals surface area contributed by atoms with E-state index in [2.05, 4.69) is 0 Å². The molecule has 86 valence electrons. The molecule has 2 N–H and O–H groups in total. The second kappa shape index (κ2) is 7.06. The summed E-state index contributed by atoms with van der Waals surface area (Å²) in [5, 5.41) is 0. The van der Waals surface area contributed by atoms with Gasteiger partial charge in [0.05, 0.1) is 0 Å². The molecule has 0 aliphatic rings. The number of hydrogen-bond acceptors (Lipinski definition) is 2. The molecule has 5 heteroatoms. The zero-order chi connectivity index (χ0) is 11.0. The molecule has 0 rings (SSSR count). The first kappa shape index (κ1) is 13.7. The smallest absolute Gasteiger partial charge is 0.329 e. The van der Waals surface area contributed by atoms with Gasteiger partial charge in [0, 0.05) is 19.5 Å². The first-order valence-electron chi connectivity index (χ1n) is 4.98. The molecule has 0 saturated heterocycles. The first-order chi connectivity index (χ1) is 6.49. The highest BCUT2D eigenvalue weighted by Crippen LogP contribution is 2.21. The van der Waals surface area contributed by atoms with Gasteiger partial charge in [-0.05, 0) is 25.9 Å². The summed E-state index contributed by atoms with van der Waals surface area (Å²) in [6.07, 6.45) is -3.60. The monoisotopic (exact) mass is 212 g/mol. The minimum atomic E-state index is -4.03. The molecule has 0 aliphatic carbocycles. The van der Waals surface area contributed by atoms with Crippen molar-refractivity contribution in [2.75, 3.05) is 26.2 Å². The Morgan fingerprint density at radius 2 is 1.79 bits per heavy atom. The van der Waals surface area contributed by atoms with E-state index < -0.39 is 12.6 Å². The lowest BCUT2D eigenvalue weighted by Crippen LogP contribution is -2.31. The van der Waals surface area contributed by atoms with Gasteiger partial charge in [-0.2, -0.15) is 13.2 Å². The van der Waals surface area contributed by atoms with E-state index in [1.54, 1.807) is 0 Å². The Balaban J connectivity index is 3.60. The van der Waals surface area contributed by atoms with Crippen LogP contribution in [0.1, 0.15) is 26.2 Å². The largest absolute Gasteiger partial charge is 0.389 e. The Bertz CT molecular complexity index is 131. The highest BCUT2D eigenvalue weighted by atomic mass is 19.4. The van der Waals surface area contributed by atoms with Crippen LogP contribution >= 0.6 is 0 Å². The molecule has 0 spiro atoms. The summed E-state index contributed by atoms with van der Waals surface area (Å²) in [4.78, 5) is 1.98. The fourth-order valence-corrected chi connectivity index (χ4v) is 1.34. The molecule has 0 saturated carbocycles. The lowest BCUT2D eigenvalue weighted by atomic mass is 10.2. The molecule has 0 radical (unpaired) electrons. The lowest BCUT2D eigenvalue weighted by molar-refractivity contribution is -0.136. The first-order valence-corrected chi connectivity index (χ1v) is 4.98. The number of nitrogens with zero attached hydrogens (tertiary/aromatic N) is 1. The minimum absolute atomic E-state index is 0.170. The van der Waals surface area contributed by atoms with Crippen LogP contribution in [0.2, 0.25) is 0 Å². The summed E-state index contributed by atoms with van der Waals surface area (Å²) in [6.45, 7) is 4.52. The van der Waals surface area contributed by atoms with Crippen molar-refractivity contribution in [1.29, 1.82) is 0 Å². The van der Waals surface area contributed by atoms with Crippen LogP contribution in [0.25, 0.3) is 0 Å². The van der Waals surface area contributed by atoms with Gasteiger partial charge < -0.3 is 10.6 Å². The second-order valence-corrected chi connectivity index (χ2v) is 3.35. The molecule has 0 fully saturated rings. The third-order valence-corrected chi connectivity index (χ3v) is 1.92. The van der Waals surface area contributed by atoms with Gasteiger partial charge in [-0.15, -0.1) is 0 Å². The van der Waals surface area contributed by atoms with Crippen LogP contribution in [0.15, 0.2) is 0 Å². The van der Waals surface area contributed by atoms with E-state index in [-0.39, 0.29) is 6.42 Å². The number of nitrogens with two attached hydrogens (primary N) is 1. The van der Waals surface area contributed by atoms with Crippen LogP contribution in [0.3, 0.4) is 0 Å². The van der Waals surface area contributed by atoms with Crippen LogP contribution in [0.4, 0.5) is 13.2 Å². The molecule has 14 heavy (non-hydrogen) atoms. The number of rotatable bonds is 7. The molecule has 0 aromatic rings. The lowest BCUT2D eigenvalue weighted by Gasteiger charge is -2.20. The van der Waals surface area contributed by atoms with Crippen molar-refractivity contribution in [1.82, 2.24) is 4.90 Å². The summed E-state index contributed by atoms with van der Waals surface area (Å²) >= 11 is 0.